The number of rotatable bonds is 3. The molecule has 0 radical (unpaired) electrons. The van der Waals surface area contributed by atoms with E-state index >= 15 is 0 Å². The van der Waals surface area contributed by atoms with E-state index in [9.17, 15) is 4.79 Å². The molecule has 0 unspecified atom stereocenters. The van der Waals surface area contributed by atoms with Gasteiger partial charge in [0.05, 0.1) is 12.2 Å². The van der Waals surface area contributed by atoms with Crippen molar-refractivity contribution in [3.05, 3.63) is 29.6 Å². The molecule has 0 aliphatic heterocycles. The third kappa shape index (κ3) is 2.83. The van der Waals surface area contributed by atoms with E-state index in [1.807, 2.05) is 6.92 Å². The lowest BCUT2D eigenvalue weighted by atomic mass is 10.2. The van der Waals surface area contributed by atoms with Gasteiger partial charge in [0.1, 0.15) is 0 Å². The third-order valence-electron chi connectivity index (χ3n) is 1.48. The molecule has 0 aliphatic rings. The van der Waals surface area contributed by atoms with Gasteiger partial charge >= 0.3 is 0 Å². The number of nitrogens with one attached hydrogen (secondary N) is 1. The molecule has 13 heavy (non-hydrogen) atoms. The molecule has 1 aromatic rings. The summed E-state index contributed by atoms with van der Waals surface area (Å²) in [6.45, 7) is 4.11. The van der Waals surface area contributed by atoms with Gasteiger partial charge in [-0.15, -0.1) is 0 Å². The third-order valence-corrected chi connectivity index (χ3v) is 1.48. The van der Waals surface area contributed by atoms with Crippen LogP contribution in [0.5, 0.6) is 0 Å². The average Bonchev–Trinajstić information content (AvgIpc) is 2.15. The van der Waals surface area contributed by atoms with Gasteiger partial charge in [-0.25, -0.2) is 5.48 Å². The van der Waals surface area contributed by atoms with Crippen LogP contribution in [-0.4, -0.2) is 17.5 Å². The van der Waals surface area contributed by atoms with Gasteiger partial charge in [-0.3, -0.25) is 14.6 Å². The molecule has 0 bridgehead atoms. The second-order valence-electron chi connectivity index (χ2n) is 2.55. The van der Waals surface area contributed by atoms with Crippen molar-refractivity contribution in [2.24, 2.45) is 0 Å². The highest BCUT2D eigenvalue weighted by molar-refractivity contribution is 5.93. The maximum atomic E-state index is 11.2. The van der Waals surface area contributed by atoms with E-state index in [2.05, 4.69) is 10.5 Å². The van der Waals surface area contributed by atoms with Crippen molar-refractivity contribution in [2.45, 2.75) is 13.8 Å². The topological polar surface area (TPSA) is 51.2 Å². The summed E-state index contributed by atoms with van der Waals surface area (Å²) in [5.41, 5.74) is 3.67. The summed E-state index contributed by atoms with van der Waals surface area (Å²) in [5, 5.41) is 0. The smallest absolute Gasteiger partial charge is 0.274 e. The fourth-order valence-electron chi connectivity index (χ4n) is 0.799. The van der Waals surface area contributed by atoms with Crippen molar-refractivity contribution in [3.8, 4) is 0 Å². The molecule has 0 saturated carbocycles. The Morgan fingerprint density at radius 3 is 2.92 bits per heavy atom. The number of pyridine rings is 1. The van der Waals surface area contributed by atoms with Gasteiger partial charge in [-0.2, -0.15) is 0 Å². The van der Waals surface area contributed by atoms with Gasteiger partial charge in [0.2, 0.25) is 0 Å². The highest BCUT2D eigenvalue weighted by atomic mass is 16.6. The molecule has 4 nitrogen and oxygen atoms in total. The first-order valence-electron chi connectivity index (χ1n) is 4.09. The van der Waals surface area contributed by atoms with Crippen LogP contribution >= 0.6 is 0 Å². The highest BCUT2D eigenvalue weighted by Crippen LogP contribution is 1.98. The number of carbonyl (C=O) groups is 1. The van der Waals surface area contributed by atoms with Crippen LogP contribution in [0.4, 0.5) is 0 Å². The number of hydrogen-bond acceptors (Lipinski definition) is 3. The minimum atomic E-state index is -0.269. The summed E-state index contributed by atoms with van der Waals surface area (Å²) in [6.07, 6.45) is 1.52. The summed E-state index contributed by atoms with van der Waals surface area (Å²) in [7, 11) is 0. The van der Waals surface area contributed by atoms with E-state index in [0.29, 0.717) is 12.2 Å². The number of aromatic nitrogens is 1. The molecule has 0 spiro atoms. The molecule has 0 atom stereocenters. The number of carbonyl (C=O) groups excluding carboxylic acids is 1. The predicted molar refractivity (Wildman–Crippen MR) is 48.1 cm³/mol. The van der Waals surface area contributed by atoms with Gasteiger partial charge in [0, 0.05) is 11.9 Å². The molecule has 0 aromatic carbocycles. The number of aryl methyl sites for hydroxylation is 1. The monoisotopic (exact) mass is 180 g/mol. The zero-order valence-electron chi connectivity index (χ0n) is 7.70. The second kappa shape index (κ2) is 4.57. The van der Waals surface area contributed by atoms with E-state index in [-0.39, 0.29) is 5.91 Å². The first-order valence-corrected chi connectivity index (χ1v) is 4.09. The standard InChI is InChI=1S/C9H12N2O2/c1-3-13-11-9(12)8-5-4-7(2)10-6-8/h4-6H,3H2,1-2H3,(H,11,12). The molecule has 70 valence electrons. The summed E-state index contributed by atoms with van der Waals surface area (Å²) >= 11 is 0. The normalized spacial score (nSPS) is 9.69. The Morgan fingerprint density at radius 2 is 2.38 bits per heavy atom. The van der Waals surface area contributed by atoms with Crippen molar-refractivity contribution >= 4 is 5.91 Å². The molecule has 1 amide bonds. The maximum absolute atomic E-state index is 11.2. The zero-order valence-corrected chi connectivity index (χ0v) is 7.70. The Labute approximate surface area is 76.9 Å². The molecule has 1 rings (SSSR count). The lowest BCUT2D eigenvalue weighted by molar-refractivity contribution is 0.0364. The Kier molecular flexibility index (Phi) is 3.40. The van der Waals surface area contributed by atoms with Gasteiger partial charge in [0.25, 0.3) is 5.91 Å². The molecule has 1 N–H and O–H groups in total. The van der Waals surface area contributed by atoms with Crippen LogP contribution in [0.3, 0.4) is 0 Å². The SMILES string of the molecule is CCONC(=O)c1ccc(C)nc1. The predicted octanol–water partition coefficient (Wildman–Crippen LogP) is 1.07. The highest BCUT2D eigenvalue weighted by Gasteiger charge is 2.03. The van der Waals surface area contributed by atoms with Crippen LogP contribution in [0.25, 0.3) is 0 Å². The van der Waals surface area contributed by atoms with Gasteiger partial charge in [0.15, 0.2) is 0 Å². The van der Waals surface area contributed by atoms with Gasteiger partial charge in [-0.05, 0) is 26.0 Å². The molecule has 4 heteroatoms. The quantitative estimate of drug-likeness (QED) is 0.708. The fraction of sp³-hybridized carbons (Fsp3) is 0.333. The first kappa shape index (κ1) is 9.67. The van der Waals surface area contributed by atoms with Crippen molar-refractivity contribution in [1.29, 1.82) is 0 Å². The number of hydroxylamine groups is 1. The summed E-state index contributed by atoms with van der Waals surface area (Å²) in [6, 6.07) is 3.48. The van der Waals surface area contributed by atoms with Crippen molar-refractivity contribution < 1.29 is 9.63 Å². The van der Waals surface area contributed by atoms with Crippen LogP contribution in [0.15, 0.2) is 18.3 Å². The Morgan fingerprint density at radius 1 is 1.62 bits per heavy atom. The molecule has 0 saturated heterocycles. The summed E-state index contributed by atoms with van der Waals surface area (Å²) < 4.78 is 0. The van der Waals surface area contributed by atoms with Crippen LogP contribution in [0, 0.1) is 6.92 Å². The van der Waals surface area contributed by atoms with Gasteiger partial charge in [-0.1, -0.05) is 0 Å². The summed E-state index contributed by atoms with van der Waals surface area (Å²) in [5.74, 6) is -0.269. The van der Waals surface area contributed by atoms with Crippen LogP contribution < -0.4 is 5.48 Å². The molecule has 0 aliphatic carbocycles. The number of amides is 1. The largest absolute Gasteiger partial charge is 0.276 e. The average molecular weight is 180 g/mol. The zero-order chi connectivity index (χ0) is 9.68. The van der Waals surface area contributed by atoms with Gasteiger partial charge < -0.3 is 0 Å². The maximum Gasteiger partial charge on any atom is 0.276 e. The molecular weight excluding hydrogens is 168 g/mol. The number of nitrogens with zero attached hydrogens (tertiary/aromatic N) is 1. The van der Waals surface area contributed by atoms with E-state index in [1.165, 1.54) is 6.20 Å². The minimum Gasteiger partial charge on any atom is -0.274 e. The fourth-order valence-corrected chi connectivity index (χ4v) is 0.799. The van der Waals surface area contributed by atoms with E-state index in [4.69, 9.17) is 4.84 Å². The Hall–Kier alpha value is -1.42. The van der Waals surface area contributed by atoms with E-state index in [1.54, 1.807) is 19.1 Å². The molecule has 0 fully saturated rings. The lowest BCUT2D eigenvalue weighted by Gasteiger charge is -2.02. The van der Waals surface area contributed by atoms with Crippen molar-refractivity contribution in [2.75, 3.05) is 6.61 Å². The van der Waals surface area contributed by atoms with Crippen molar-refractivity contribution in [1.82, 2.24) is 10.5 Å². The molecule has 1 aromatic heterocycles. The first-order chi connectivity index (χ1) is 6.24. The minimum absolute atomic E-state index is 0.269. The Balaban J connectivity index is 2.61. The molecule has 1 heterocycles. The second-order valence-corrected chi connectivity index (χ2v) is 2.55. The lowest BCUT2D eigenvalue weighted by Crippen LogP contribution is -2.23. The van der Waals surface area contributed by atoms with E-state index < -0.39 is 0 Å². The van der Waals surface area contributed by atoms with Crippen molar-refractivity contribution in [3.63, 3.8) is 0 Å². The van der Waals surface area contributed by atoms with Crippen LogP contribution in [0.2, 0.25) is 0 Å². The Bertz CT molecular complexity index is 282. The summed E-state index contributed by atoms with van der Waals surface area (Å²) in [4.78, 5) is 20.0. The van der Waals surface area contributed by atoms with Crippen LogP contribution in [-0.2, 0) is 4.84 Å². The molecular formula is C9H12N2O2. The van der Waals surface area contributed by atoms with E-state index in [0.717, 1.165) is 5.69 Å². The number of hydrogen-bond donors (Lipinski definition) is 1. The van der Waals surface area contributed by atoms with Crippen LogP contribution in [0.1, 0.15) is 23.0 Å².